The predicted octanol–water partition coefficient (Wildman–Crippen LogP) is 3.65. The maximum atomic E-state index is 13.0. The second-order valence-corrected chi connectivity index (χ2v) is 7.30. The summed E-state index contributed by atoms with van der Waals surface area (Å²) >= 11 is 3.36. The van der Waals surface area contributed by atoms with Crippen LogP contribution in [0.25, 0.3) is 0 Å². The molecule has 27 heavy (non-hydrogen) atoms. The van der Waals surface area contributed by atoms with Gasteiger partial charge in [-0.15, -0.1) is 0 Å². The van der Waals surface area contributed by atoms with Crippen molar-refractivity contribution in [2.75, 3.05) is 17.2 Å². The Labute approximate surface area is 166 Å². The van der Waals surface area contributed by atoms with Crippen LogP contribution >= 0.6 is 15.9 Å². The van der Waals surface area contributed by atoms with Gasteiger partial charge in [-0.25, -0.2) is 0 Å². The van der Waals surface area contributed by atoms with E-state index in [1.54, 1.807) is 41.3 Å². The van der Waals surface area contributed by atoms with Crippen LogP contribution < -0.4 is 10.6 Å². The molecule has 140 valence electrons. The molecule has 0 radical (unpaired) electrons. The molecular weight excluding hydrogens is 410 g/mol. The van der Waals surface area contributed by atoms with Gasteiger partial charge in [-0.1, -0.05) is 28.1 Å². The molecule has 3 rings (SSSR count). The number of nitrogens with one attached hydrogen (secondary N) is 2. The molecular formula is C20H20BrN3O3. The standard InChI is InChI=1S/C20H20BrN3O3/c1-13(25)22-17-6-3-2-5-16(17)20(27)24-12-4-7-18(24)19(26)23-15-10-8-14(21)9-11-15/h2-3,5-6,8-11,18H,4,7,12H2,1H3,(H,22,25)(H,23,26). The fourth-order valence-corrected chi connectivity index (χ4v) is 3.43. The number of halogens is 1. The van der Waals surface area contributed by atoms with Crippen LogP contribution in [0, 0.1) is 0 Å². The van der Waals surface area contributed by atoms with Crippen molar-refractivity contribution in [3.05, 3.63) is 58.6 Å². The topological polar surface area (TPSA) is 78.5 Å². The quantitative estimate of drug-likeness (QED) is 0.778. The van der Waals surface area contributed by atoms with Gasteiger partial charge < -0.3 is 15.5 Å². The Hall–Kier alpha value is -2.67. The molecule has 1 aliphatic rings. The first-order chi connectivity index (χ1) is 13.0. The largest absolute Gasteiger partial charge is 0.327 e. The smallest absolute Gasteiger partial charge is 0.256 e. The SMILES string of the molecule is CC(=O)Nc1ccccc1C(=O)N1CCCC1C(=O)Nc1ccc(Br)cc1. The molecule has 6 nitrogen and oxygen atoms in total. The molecule has 1 saturated heterocycles. The van der Waals surface area contributed by atoms with Gasteiger partial charge in [0.15, 0.2) is 0 Å². The van der Waals surface area contributed by atoms with Crippen molar-refractivity contribution in [2.24, 2.45) is 0 Å². The molecule has 0 saturated carbocycles. The Balaban J connectivity index is 1.77. The molecule has 1 heterocycles. The number of hydrogen-bond donors (Lipinski definition) is 2. The van der Waals surface area contributed by atoms with E-state index in [9.17, 15) is 14.4 Å². The van der Waals surface area contributed by atoms with Crippen LogP contribution in [-0.4, -0.2) is 35.2 Å². The fraction of sp³-hybridized carbons (Fsp3) is 0.250. The molecule has 3 amide bonds. The van der Waals surface area contributed by atoms with Crippen LogP contribution in [0.4, 0.5) is 11.4 Å². The minimum Gasteiger partial charge on any atom is -0.327 e. The summed E-state index contributed by atoms with van der Waals surface area (Å²) in [6.45, 7) is 1.90. The summed E-state index contributed by atoms with van der Waals surface area (Å²) in [4.78, 5) is 38.8. The molecule has 0 spiro atoms. The summed E-state index contributed by atoms with van der Waals surface area (Å²) in [5, 5.41) is 5.55. The summed E-state index contributed by atoms with van der Waals surface area (Å²) in [6.07, 6.45) is 1.36. The van der Waals surface area contributed by atoms with Gasteiger partial charge in [0.1, 0.15) is 6.04 Å². The van der Waals surface area contributed by atoms with E-state index < -0.39 is 6.04 Å². The number of para-hydroxylation sites is 1. The second kappa shape index (κ2) is 8.35. The van der Waals surface area contributed by atoms with Gasteiger partial charge in [-0.2, -0.15) is 0 Å². The lowest BCUT2D eigenvalue weighted by atomic mass is 10.1. The number of amides is 3. The number of nitrogens with zero attached hydrogens (tertiary/aromatic N) is 1. The number of hydrogen-bond acceptors (Lipinski definition) is 3. The minimum absolute atomic E-state index is 0.208. The molecule has 7 heteroatoms. The van der Waals surface area contributed by atoms with Crippen molar-refractivity contribution in [2.45, 2.75) is 25.8 Å². The normalized spacial score (nSPS) is 16.1. The molecule has 0 bridgehead atoms. The van der Waals surface area contributed by atoms with Crippen molar-refractivity contribution < 1.29 is 14.4 Å². The monoisotopic (exact) mass is 429 g/mol. The van der Waals surface area contributed by atoms with Crippen LogP contribution in [0.15, 0.2) is 53.0 Å². The zero-order chi connectivity index (χ0) is 19.4. The number of carbonyl (C=O) groups excluding carboxylic acids is 3. The molecule has 1 unspecified atom stereocenters. The summed E-state index contributed by atoms with van der Waals surface area (Å²) in [7, 11) is 0. The first-order valence-electron chi connectivity index (χ1n) is 8.70. The highest BCUT2D eigenvalue weighted by Gasteiger charge is 2.35. The maximum absolute atomic E-state index is 13.0. The summed E-state index contributed by atoms with van der Waals surface area (Å²) in [5.41, 5.74) is 1.52. The Morgan fingerprint density at radius 1 is 1.04 bits per heavy atom. The Morgan fingerprint density at radius 2 is 1.74 bits per heavy atom. The average Bonchev–Trinajstić information content (AvgIpc) is 3.13. The number of carbonyl (C=O) groups is 3. The first kappa shape index (κ1) is 19.1. The molecule has 2 aromatic rings. The Kier molecular flexibility index (Phi) is 5.91. The Morgan fingerprint density at radius 3 is 2.44 bits per heavy atom. The third-order valence-corrected chi connectivity index (χ3v) is 4.92. The fourth-order valence-electron chi connectivity index (χ4n) is 3.16. The van der Waals surface area contributed by atoms with E-state index in [0.717, 1.165) is 10.9 Å². The average molecular weight is 430 g/mol. The van der Waals surface area contributed by atoms with Crippen LogP contribution in [-0.2, 0) is 9.59 Å². The number of anilines is 2. The van der Waals surface area contributed by atoms with Gasteiger partial charge >= 0.3 is 0 Å². The van der Waals surface area contributed by atoms with E-state index in [4.69, 9.17) is 0 Å². The summed E-state index contributed by atoms with van der Waals surface area (Å²) < 4.78 is 0.924. The summed E-state index contributed by atoms with van der Waals surface area (Å²) in [6, 6.07) is 13.6. The van der Waals surface area contributed by atoms with Gasteiger partial charge in [0.2, 0.25) is 11.8 Å². The predicted molar refractivity (Wildman–Crippen MR) is 108 cm³/mol. The summed E-state index contributed by atoms with van der Waals surface area (Å²) in [5.74, 6) is -0.714. The molecule has 2 N–H and O–H groups in total. The van der Waals surface area contributed by atoms with Crippen LogP contribution in [0.3, 0.4) is 0 Å². The molecule has 1 atom stereocenters. The highest BCUT2D eigenvalue weighted by atomic mass is 79.9. The van der Waals surface area contributed by atoms with E-state index in [2.05, 4.69) is 26.6 Å². The lowest BCUT2D eigenvalue weighted by Gasteiger charge is -2.25. The van der Waals surface area contributed by atoms with E-state index in [1.807, 2.05) is 12.1 Å². The maximum Gasteiger partial charge on any atom is 0.256 e. The molecule has 2 aromatic carbocycles. The lowest BCUT2D eigenvalue weighted by Crippen LogP contribution is -2.43. The zero-order valence-electron chi connectivity index (χ0n) is 14.9. The zero-order valence-corrected chi connectivity index (χ0v) is 16.5. The Bertz CT molecular complexity index is 867. The molecule has 0 aromatic heterocycles. The number of rotatable bonds is 4. The number of benzene rings is 2. The van der Waals surface area contributed by atoms with Gasteiger partial charge in [0.25, 0.3) is 5.91 Å². The number of likely N-dealkylation sites (tertiary alicyclic amines) is 1. The van der Waals surface area contributed by atoms with Crippen molar-refractivity contribution in [3.63, 3.8) is 0 Å². The van der Waals surface area contributed by atoms with Gasteiger partial charge in [0, 0.05) is 23.6 Å². The highest BCUT2D eigenvalue weighted by molar-refractivity contribution is 9.10. The molecule has 1 aliphatic heterocycles. The van der Waals surface area contributed by atoms with Crippen molar-refractivity contribution >= 4 is 45.0 Å². The molecule has 0 aliphatic carbocycles. The van der Waals surface area contributed by atoms with Gasteiger partial charge in [-0.3, -0.25) is 14.4 Å². The molecule has 1 fully saturated rings. The van der Waals surface area contributed by atoms with Crippen molar-refractivity contribution in [1.82, 2.24) is 4.90 Å². The van der Waals surface area contributed by atoms with Gasteiger partial charge in [-0.05, 0) is 49.2 Å². The second-order valence-electron chi connectivity index (χ2n) is 6.38. The van der Waals surface area contributed by atoms with Crippen LogP contribution in [0.2, 0.25) is 0 Å². The van der Waals surface area contributed by atoms with Crippen LogP contribution in [0.5, 0.6) is 0 Å². The van der Waals surface area contributed by atoms with Crippen molar-refractivity contribution in [1.29, 1.82) is 0 Å². The lowest BCUT2D eigenvalue weighted by molar-refractivity contribution is -0.119. The van der Waals surface area contributed by atoms with E-state index in [1.165, 1.54) is 6.92 Å². The van der Waals surface area contributed by atoms with Crippen LogP contribution in [0.1, 0.15) is 30.1 Å². The van der Waals surface area contributed by atoms with E-state index in [0.29, 0.717) is 29.9 Å². The van der Waals surface area contributed by atoms with Crippen molar-refractivity contribution in [3.8, 4) is 0 Å². The minimum atomic E-state index is -0.536. The van der Waals surface area contributed by atoms with E-state index >= 15 is 0 Å². The third-order valence-electron chi connectivity index (χ3n) is 4.40. The first-order valence-corrected chi connectivity index (χ1v) is 9.49. The highest BCUT2D eigenvalue weighted by Crippen LogP contribution is 2.25. The van der Waals surface area contributed by atoms with E-state index in [-0.39, 0.29) is 17.7 Å². The van der Waals surface area contributed by atoms with Gasteiger partial charge in [0.05, 0.1) is 11.3 Å². The third kappa shape index (κ3) is 4.54.